The van der Waals surface area contributed by atoms with Gasteiger partial charge >= 0.3 is 0 Å². The van der Waals surface area contributed by atoms with E-state index in [1.807, 2.05) is 6.07 Å². The molecule has 0 saturated carbocycles. The molecule has 20 nitrogen and oxygen atoms in total. The summed E-state index contributed by atoms with van der Waals surface area (Å²) < 4.78 is 55.3. The van der Waals surface area contributed by atoms with Crippen molar-refractivity contribution in [2.75, 3.05) is 32.3 Å². The van der Waals surface area contributed by atoms with Crippen molar-refractivity contribution < 1.29 is 62.7 Å². The van der Waals surface area contributed by atoms with E-state index in [1.165, 1.54) is 62.8 Å². The van der Waals surface area contributed by atoms with E-state index in [2.05, 4.69) is 41.6 Å². The molecule has 4 aromatic heterocycles. The number of hydrogen-bond donors (Lipinski definition) is 7. The molecular weight excluding hydrogens is 927 g/mol. The van der Waals surface area contributed by atoms with Gasteiger partial charge in [-0.1, -0.05) is 35.3 Å². The monoisotopic (exact) mass is 971 g/mol. The van der Waals surface area contributed by atoms with E-state index in [0.29, 0.717) is 33.9 Å². The van der Waals surface area contributed by atoms with E-state index < -0.39 is 78.7 Å². The van der Waals surface area contributed by atoms with Gasteiger partial charge in [-0.3, -0.25) is 9.68 Å². The molecule has 0 radical (unpaired) electrons. The number of rotatable bonds is 10. The molecule has 6 aromatic rings. The fraction of sp³-hybridized carbons (Fsp3) is 0.400. The molecule has 0 amide bonds. The number of aliphatic hydroxyl groups excluding tert-OH is 4. The fourth-order valence-corrected chi connectivity index (χ4v) is 7.98. The molecule has 8 N–H and O–H groups in total. The van der Waals surface area contributed by atoms with Crippen molar-refractivity contribution in [2.45, 2.75) is 80.9 Å². The number of hydrogen-bond acceptors (Lipinski definition) is 18. The van der Waals surface area contributed by atoms with Crippen molar-refractivity contribution in [1.82, 2.24) is 29.1 Å². The second-order valence-corrected chi connectivity index (χ2v) is 15.8. The van der Waals surface area contributed by atoms with Gasteiger partial charge in [0.2, 0.25) is 0 Å². The predicted molar refractivity (Wildman–Crippen MR) is 231 cm³/mol. The first-order valence-corrected chi connectivity index (χ1v) is 20.1. The first kappa shape index (κ1) is 50.0. The van der Waals surface area contributed by atoms with E-state index in [0.717, 1.165) is 11.5 Å². The largest absolute Gasteiger partial charge is 0.387 e. The van der Waals surface area contributed by atoms with E-state index >= 15 is 0 Å². The van der Waals surface area contributed by atoms with Gasteiger partial charge in [-0.2, -0.15) is 0 Å². The van der Waals surface area contributed by atoms with Crippen LogP contribution in [0.4, 0.5) is 20.4 Å². The second-order valence-electron chi connectivity index (χ2n) is 15.0. The van der Waals surface area contributed by atoms with Crippen molar-refractivity contribution >= 4 is 69.3 Å². The van der Waals surface area contributed by atoms with Gasteiger partial charge < -0.3 is 53.3 Å². The molecule has 7 heterocycles. The third-order valence-electron chi connectivity index (χ3n) is 10.5. The molecule has 9 rings (SSSR count). The molecule has 2 aromatic carbocycles. The molecule has 25 heteroatoms. The third-order valence-corrected chi connectivity index (χ3v) is 11.1. The maximum Gasteiger partial charge on any atom is 0.164 e. The Balaban J connectivity index is 0.000000201. The van der Waals surface area contributed by atoms with Crippen molar-refractivity contribution in [2.24, 2.45) is 5.90 Å². The molecule has 0 aliphatic carbocycles. The molecule has 0 bridgehead atoms. The summed E-state index contributed by atoms with van der Waals surface area (Å²) in [5, 5.41) is 43.9. The smallest absolute Gasteiger partial charge is 0.164 e. The molecule has 0 unspecified atom stereocenters. The van der Waals surface area contributed by atoms with Crippen LogP contribution in [0.15, 0.2) is 73.6 Å². The Morgan fingerprint density at radius 2 is 1.15 bits per heavy atom. The highest BCUT2D eigenvalue weighted by Gasteiger charge is 2.58. The molecule has 65 heavy (non-hydrogen) atoms. The Kier molecular flexibility index (Phi) is 16.1. The average molecular weight is 973 g/mol. The van der Waals surface area contributed by atoms with Crippen LogP contribution in [-0.4, -0.2) is 113 Å². The predicted octanol–water partition coefficient (Wildman–Crippen LogP) is 4.83. The zero-order valence-corrected chi connectivity index (χ0v) is 37.4. The second kappa shape index (κ2) is 21.0. The van der Waals surface area contributed by atoms with Crippen molar-refractivity contribution in [3.63, 3.8) is 0 Å². The van der Waals surface area contributed by atoms with Gasteiger partial charge in [0.15, 0.2) is 29.9 Å². The Labute approximate surface area is 385 Å². The quantitative estimate of drug-likeness (QED) is 0.0908. The standard InChI is InChI=1S/C21H22ClFN4O5.C18H18ClFN4O5.CH5NO.ClH/c1-21(2)31-16-15(14(28)10-4-5-12(22)13(23)8-10)30-20(17(16)32-21)27-7-6-11-18(26-29-3)24-9-25-19(11)27;1-28-23-16-9-4-5-24(17(9)22-7-21-16)18-14(27)13(26)15(29-18)12(25)8-2-3-10(19)11(20)6-8;1-3-2;/h4-9,14-17,20,28H,1-3H3,(H,24,25,26);2-7,12-15,18,25-27H,1H3,(H,21,22,23);2H2,1H3;1H/t14-,15-,16-,17-,20-;12-,13+,14-,15-,18-;;/m11../s1. The molecule has 0 spiro atoms. The number of nitrogens with one attached hydrogen (secondary N) is 2. The number of nitrogens with zero attached hydrogens (tertiary/aromatic N) is 6. The summed E-state index contributed by atoms with van der Waals surface area (Å²) in [7, 11) is 4.34. The van der Waals surface area contributed by atoms with Gasteiger partial charge in [0.25, 0.3) is 0 Å². The van der Waals surface area contributed by atoms with Gasteiger partial charge in [-0.15, -0.1) is 12.4 Å². The Morgan fingerprint density at radius 1 is 0.708 bits per heavy atom. The van der Waals surface area contributed by atoms with Crippen LogP contribution in [0.3, 0.4) is 0 Å². The highest BCUT2D eigenvalue weighted by molar-refractivity contribution is 6.31. The number of aromatic nitrogens is 6. The molecular formula is C40H46Cl3F2N9O11. The zero-order chi connectivity index (χ0) is 46.0. The number of ether oxygens (including phenoxy) is 4. The lowest BCUT2D eigenvalue weighted by Gasteiger charge is -2.27. The highest BCUT2D eigenvalue weighted by atomic mass is 35.5. The first-order valence-electron chi connectivity index (χ1n) is 19.4. The summed E-state index contributed by atoms with van der Waals surface area (Å²) in [4.78, 5) is 30.4. The molecule has 3 saturated heterocycles. The number of halogens is 5. The minimum absolute atomic E-state index is 0. The lowest BCUT2D eigenvalue weighted by Crippen LogP contribution is -2.34. The summed E-state index contributed by atoms with van der Waals surface area (Å²) in [6.07, 6.45) is -4.07. The van der Waals surface area contributed by atoms with Crippen LogP contribution in [0.2, 0.25) is 10.0 Å². The van der Waals surface area contributed by atoms with Crippen molar-refractivity contribution in [1.29, 1.82) is 0 Å². The van der Waals surface area contributed by atoms with Gasteiger partial charge in [0, 0.05) is 12.4 Å². The Morgan fingerprint density at radius 3 is 1.63 bits per heavy atom. The normalized spacial score (nSPS) is 25.2. The summed E-state index contributed by atoms with van der Waals surface area (Å²) >= 11 is 11.5. The van der Waals surface area contributed by atoms with Crippen LogP contribution in [0.5, 0.6) is 0 Å². The van der Waals surface area contributed by atoms with Gasteiger partial charge in [0.05, 0.1) is 42.1 Å². The SMILES string of the molecule is CON.CONc1ncnc2c1ccn2[C@@H]1O[C@H]([C@H](O)c2ccc(Cl)c(F)c2)[C@@H](O)[C@H]1O.CONc1ncnc2c1ccn2[C@@H]1O[C@H]([C@H](O)c2ccc(Cl)c(F)c2)[C@H]2OC(C)(C)O[C@H]21.Cl. The van der Waals surface area contributed by atoms with Crippen molar-refractivity contribution in [3.05, 3.63) is 106 Å². The van der Waals surface area contributed by atoms with Crippen LogP contribution in [0.25, 0.3) is 22.1 Å². The van der Waals surface area contributed by atoms with E-state index in [-0.39, 0.29) is 28.0 Å². The lowest BCUT2D eigenvalue weighted by atomic mass is 9.99. The summed E-state index contributed by atoms with van der Waals surface area (Å²) in [5.41, 5.74) is 6.85. The van der Waals surface area contributed by atoms with Gasteiger partial charge in [-0.25, -0.2) is 45.6 Å². The number of aliphatic hydroxyl groups is 4. The molecule has 352 valence electrons. The minimum atomic E-state index is -1.43. The summed E-state index contributed by atoms with van der Waals surface area (Å²) in [6.45, 7) is 3.59. The molecule has 3 aliphatic rings. The van der Waals surface area contributed by atoms with Gasteiger partial charge in [0.1, 0.15) is 84.4 Å². The van der Waals surface area contributed by atoms with Crippen LogP contribution in [0.1, 0.15) is 49.6 Å². The maximum absolute atomic E-state index is 14.0. The van der Waals surface area contributed by atoms with E-state index in [9.17, 15) is 29.2 Å². The molecule has 3 fully saturated rings. The molecule has 10 atom stereocenters. The van der Waals surface area contributed by atoms with Crippen LogP contribution in [0, 0.1) is 11.6 Å². The van der Waals surface area contributed by atoms with Crippen LogP contribution >= 0.6 is 35.6 Å². The van der Waals surface area contributed by atoms with E-state index in [4.69, 9.17) is 51.8 Å². The van der Waals surface area contributed by atoms with Gasteiger partial charge in [-0.05, 0) is 61.4 Å². The topological polar surface area (TPSA) is 257 Å². The van der Waals surface area contributed by atoms with Crippen molar-refractivity contribution in [3.8, 4) is 0 Å². The highest BCUT2D eigenvalue weighted by Crippen LogP contribution is 2.47. The first-order chi connectivity index (χ1) is 30.6. The Hall–Kier alpha value is -4.47. The fourth-order valence-electron chi connectivity index (χ4n) is 7.74. The number of nitrogens with two attached hydrogens (primary N) is 1. The molecule has 3 aliphatic heterocycles. The lowest BCUT2D eigenvalue weighted by molar-refractivity contribution is -0.207. The van der Waals surface area contributed by atoms with Crippen LogP contribution in [-0.2, 0) is 33.5 Å². The number of benzene rings is 2. The Bertz CT molecular complexity index is 2560. The number of fused-ring (bicyclic) bond motifs is 3. The van der Waals surface area contributed by atoms with E-state index in [1.54, 1.807) is 42.9 Å². The minimum Gasteiger partial charge on any atom is -0.387 e. The maximum atomic E-state index is 14.0. The third kappa shape index (κ3) is 10.1. The average Bonchev–Trinajstić information content (AvgIpc) is 4.09. The summed E-state index contributed by atoms with van der Waals surface area (Å²) in [6, 6.07) is 11.5. The van der Waals surface area contributed by atoms with Crippen LogP contribution < -0.4 is 16.9 Å². The summed E-state index contributed by atoms with van der Waals surface area (Å²) in [5.74, 6) is 3.05. The number of anilines is 2. The zero-order valence-electron chi connectivity index (χ0n) is 35.0.